The van der Waals surface area contributed by atoms with Gasteiger partial charge < -0.3 is 31.2 Å². The van der Waals surface area contributed by atoms with Crippen LogP contribution in [0.1, 0.15) is 33.6 Å². The Morgan fingerprint density at radius 2 is 2.03 bits per heavy atom. The molecule has 1 fully saturated rings. The second kappa shape index (κ2) is 7.60. The molecule has 1 atom stereocenters. The van der Waals surface area contributed by atoms with E-state index < -0.39 is 11.6 Å². The fourth-order valence-electron chi connectivity index (χ4n) is 4.31. The molecule has 0 spiro atoms. The second-order valence-corrected chi connectivity index (χ2v) is 8.89. The largest absolute Gasteiger partial charge is 0.530 e. The predicted octanol–water partition coefficient (Wildman–Crippen LogP) is 1.60. The minimum Gasteiger partial charge on any atom is -0.530 e. The molecule has 1 aliphatic rings. The van der Waals surface area contributed by atoms with Gasteiger partial charge in [-0.05, 0) is 45.7 Å². The van der Waals surface area contributed by atoms with E-state index in [9.17, 15) is 9.90 Å². The summed E-state index contributed by atoms with van der Waals surface area (Å²) in [6, 6.07) is 7.40. The number of amides is 1. The van der Waals surface area contributed by atoms with Crippen LogP contribution in [0.4, 0.5) is 22.4 Å². The second-order valence-electron chi connectivity index (χ2n) is 8.89. The molecule has 1 saturated heterocycles. The summed E-state index contributed by atoms with van der Waals surface area (Å²) in [5.74, 6) is 1.27. The molecule has 0 bridgehead atoms. The number of aromatic amines is 1. The van der Waals surface area contributed by atoms with Gasteiger partial charge in [0.15, 0.2) is 5.82 Å². The number of benzene rings is 1. The lowest BCUT2D eigenvalue weighted by Gasteiger charge is -2.47. The molecule has 31 heavy (non-hydrogen) atoms. The van der Waals surface area contributed by atoms with Crippen LogP contribution in [-0.2, 0) is 0 Å². The molecular weight excluding hydrogens is 396 g/mol. The van der Waals surface area contributed by atoms with E-state index in [1.54, 1.807) is 0 Å². The first-order valence-corrected chi connectivity index (χ1v) is 10.3. The molecule has 10 heteroatoms. The highest BCUT2D eigenvalue weighted by Gasteiger charge is 2.33. The lowest BCUT2D eigenvalue weighted by molar-refractivity contribution is -0.273. The number of nitrogens with two attached hydrogens (primary N) is 2. The van der Waals surface area contributed by atoms with Crippen molar-refractivity contribution >= 4 is 34.6 Å². The number of anilines is 3. The molecule has 0 radical (unpaired) electrons. The van der Waals surface area contributed by atoms with Gasteiger partial charge >= 0.3 is 0 Å². The lowest BCUT2D eigenvalue weighted by atomic mass is 9.97. The first-order chi connectivity index (χ1) is 14.6. The zero-order valence-corrected chi connectivity index (χ0v) is 17.9. The third-order valence-electron chi connectivity index (χ3n) is 5.62. The molecule has 0 aliphatic carbocycles. The van der Waals surface area contributed by atoms with Crippen molar-refractivity contribution in [2.24, 2.45) is 0 Å². The highest BCUT2D eigenvalue weighted by atomic mass is 16.4. The van der Waals surface area contributed by atoms with Crippen molar-refractivity contribution in [3.05, 3.63) is 24.3 Å². The lowest BCUT2D eigenvalue weighted by Crippen LogP contribution is -2.60. The Balaban J connectivity index is 1.65. The van der Waals surface area contributed by atoms with Crippen molar-refractivity contribution in [1.29, 1.82) is 0 Å². The Bertz CT molecular complexity index is 1120. The number of H-pyrrole nitrogens is 1. The fraction of sp³-hybridized carbons (Fsp3) is 0.429. The van der Waals surface area contributed by atoms with Gasteiger partial charge in [-0.3, -0.25) is 5.10 Å². The molecule has 164 valence electrons. The number of hydrogen-bond acceptors (Lipinski definition) is 8. The molecule has 4 rings (SSSR count). The van der Waals surface area contributed by atoms with E-state index in [0.29, 0.717) is 23.9 Å². The van der Waals surface area contributed by atoms with Crippen LogP contribution >= 0.6 is 0 Å². The van der Waals surface area contributed by atoms with E-state index >= 15 is 0 Å². The number of nitrogens with zero attached hydrogens (tertiary/aromatic N) is 5. The van der Waals surface area contributed by atoms with Crippen LogP contribution in [0.5, 0.6) is 0 Å². The van der Waals surface area contributed by atoms with Crippen molar-refractivity contribution in [3.63, 3.8) is 0 Å². The highest BCUT2D eigenvalue weighted by Crippen LogP contribution is 2.30. The van der Waals surface area contributed by atoms with Crippen molar-refractivity contribution < 1.29 is 9.90 Å². The van der Waals surface area contributed by atoms with Crippen LogP contribution in [0.25, 0.3) is 22.2 Å². The standard InChI is InChI=1S/C21H28N8O2/c1-21(2,3)29(20(30)31)13-5-4-8-28(11-13)17-10-15(24-19(23)25-17)12-6-7-14-16(9-12)26-27-18(14)22/h6-7,9-10,13H,4-5,8,11H2,1-3H3,(H,30,31)(H3,22,26,27)(H2,23,24,25)/p-1. The third kappa shape index (κ3) is 4.05. The molecule has 3 aromatic rings. The Morgan fingerprint density at radius 3 is 2.74 bits per heavy atom. The summed E-state index contributed by atoms with van der Waals surface area (Å²) in [6.45, 7) is 6.90. The highest BCUT2D eigenvalue weighted by molar-refractivity contribution is 5.91. The first kappa shape index (κ1) is 20.7. The average molecular weight is 424 g/mol. The Hall–Kier alpha value is -3.56. The van der Waals surface area contributed by atoms with E-state index in [1.807, 2.05) is 45.0 Å². The number of hydrogen-bond donors (Lipinski definition) is 3. The van der Waals surface area contributed by atoms with Gasteiger partial charge in [0, 0.05) is 41.7 Å². The maximum Gasteiger partial charge on any atom is 0.222 e. The predicted molar refractivity (Wildman–Crippen MR) is 118 cm³/mol. The molecule has 10 nitrogen and oxygen atoms in total. The van der Waals surface area contributed by atoms with Crippen LogP contribution in [0.3, 0.4) is 0 Å². The van der Waals surface area contributed by atoms with E-state index in [4.69, 9.17) is 11.5 Å². The molecule has 3 heterocycles. The Labute approximate surface area is 180 Å². The summed E-state index contributed by atoms with van der Waals surface area (Å²) < 4.78 is 0. The molecular formula is C21H27N8O2-. The minimum atomic E-state index is -1.16. The molecule has 5 N–H and O–H groups in total. The third-order valence-corrected chi connectivity index (χ3v) is 5.62. The van der Waals surface area contributed by atoms with E-state index in [2.05, 4.69) is 25.1 Å². The van der Waals surface area contributed by atoms with Gasteiger partial charge in [0.1, 0.15) is 11.9 Å². The number of fused-ring (bicyclic) bond motifs is 1. The molecule has 0 saturated carbocycles. The SMILES string of the molecule is CC(C)(C)N(C(=O)[O-])C1CCCN(c2cc(-c3ccc4c(N)n[nH]c4c3)nc(N)n2)C1. The van der Waals surface area contributed by atoms with Crippen molar-refractivity contribution in [2.75, 3.05) is 29.5 Å². The number of rotatable bonds is 3. The summed E-state index contributed by atoms with van der Waals surface area (Å²) in [5.41, 5.74) is 13.7. The monoisotopic (exact) mass is 423 g/mol. The minimum absolute atomic E-state index is 0.159. The Kier molecular flexibility index (Phi) is 5.08. The number of piperidine rings is 1. The topological polar surface area (TPSA) is 153 Å². The van der Waals surface area contributed by atoms with Gasteiger partial charge in [-0.1, -0.05) is 6.07 Å². The van der Waals surface area contributed by atoms with Crippen molar-refractivity contribution in [1.82, 2.24) is 25.1 Å². The zero-order chi connectivity index (χ0) is 22.3. The molecule has 1 unspecified atom stereocenters. The van der Waals surface area contributed by atoms with Crippen molar-refractivity contribution in [2.45, 2.75) is 45.2 Å². The smallest absolute Gasteiger partial charge is 0.222 e. The van der Waals surface area contributed by atoms with E-state index in [0.717, 1.165) is 35.9 Å². The number of carbonyl (C=O) groups is 1. The maximum absolute atomic E-state index is 11.8. The summed E-state index contributed by atoms with van der Waals surface area (Å²) in [7, 11) is 0. The summed E-state index contributed by atoms with van der Waals surface area (Å²) >= 11 is 0. The van der Waals surface area contributed by atoms with Crippen LogP contribution in [-0.4, -0.2) is 55.8 Å². The number of aromatic nitrogens is 4. The number of nitrogen functional groups attached to an aromatic ring is 2. The van der Waals surface area contributed by atoms with Crippen LogP contribution in [0.2, 0.25) is 0 Å². The quantitative estimate of drug-likeness (QED) is 0.574. The molecule has 1 aromatic carbocycles. The van der Waals surface area contributed by atoms with Gasteiger partial charge in [0.25, 0.3) is 0 Å². The summed E-state index contributed by atoms with van der Waals surface area (Å²) in [6.07, 6.45) is 0.449. The van der Waals surface area contributed by atoms with Gasteiger partial charge in [-0.25, -0.2) is 4.98 Å². The number of carbonyl (C=O) groups excluding carboxylic acids is 1. The van der Waals surface area contributed by atoms with E-state index in [1.165, 1.54) is 4.90 Å². The van der Waals surface area contributed by atoms with Crippen molar-refractivity contribution in [3.8, 4) is 11.3 Å². The zero-order valence-electron chi connectivity index (χ0n) is 17.9. The van der Waals surface area contributed by atoms with E-state index in [-0.39, 0.29) is 12.0 Å². The van der Waals surface area contributed by atoms with Crippen LogP contribution < -0.4 is 21.5 Å². The average Bonchev–Trinajstić information content (AvgIpc) is 3.07. The Morgan fingerprint density at radius 1 is 1.26 bits per heavy atom. The summed E-state index contributed by atoms with van der Waals surface area (Å²) in [4.78, 5) is 24.1. The fourth-order valence-corrected chi connectivity index (χ4v) is 4.31. The molecule has 2 aromatic heterocycles. The van der Waals surface area contributed by atoms with Gasteiger partial charge in [-0.15, -0.1) is 0 Å². The first-order valence-electron chi connectivity index (χ1n) is 10.3. The van der Waals surface area contributed by atoms with Crippen LogP contribution in [0.15, 0.2) is 24.3 Å². The van der Waals surface area contributed by atoms with Gasteiger partial charge in [0.05, 0.1) is 11.2 Å². The van der Waals surface area contributed by atoms with Crippen LogP contribution in [0, 0.1) is 0 Å². The molecule has 1 aliphatic heterocycles. The maximum atomic E-state index is 11.8. The number of nitrogens with one attached hydrogen (secondary N) is 1. The number of carboxylic acid groups (broad SMARTS) is 1. The summed E-state index contributed by atoms with van der Waals surface area (Å²) in [5, 5.41) is 19.6. The molecule has 1 amide bonds. The van der Waals surface area contributed by atoms with Gasteiger partial charge in [0.2, 0.25) is 5.95 Å². The van der Waals surface area contributed by atoms with Gasteiger partial charge in [-0.2, -0.15) is 10.1 Å². The normalized spacial score (nSPS) is 17.1.